The third kappa shape index (κ3) is 3.66. The summed E-state index contributed by atoms with van der Waals surface area (Å²) in [5.41, 5.74) is 0.485. The van der Waals surface area contributed by atoms with Gasteiger partial charge in [0.1, 0.15) is 0 Å². The summed E-state index contributed by atoms with van der Waals surface area (Å²) in [6, 6.07) is 5.53. The Hall–Kier alpha value is -0.770. The van der Waals surface area contributed by atoms with Gasteiger partial charge < -0.3 is 10.2 Å². The minimum atomic E-state index is -0.120. The van der Waals surface area contributed by atoms with Crippen LogP contribution in [-0.2, 0) is 0 Å². The molecule has 0 aliphatic heterocycles. The van der Waals surface area contributed by atoms with Gasteiger partial charge in [-0.2, -0.15) is 0 Å². The second kappa shape index (κ2) is 6.79. The molecule has 2 rings (SSSR count). The van der Waals surface area contributed by atoms with E-state index in [-0.39, 0.29) is 11.9 Å². The van der Waals surface area contributed by atoms with Crippen LogP contribution in [0.5, 0.6) is 0 Å². The van der Waals surface area contributed by atoms with Crippen LogP contribution in [-0.4, -0.2) is 37.0 Å². The molecular weight excluding hydrogens is 295 g/mol. The molecule has 1 aliphatic rings. The van der Waals surface area contributed by atoms with Gasteiger partial charge in [0.25, 0.3) is 5.91 Å². The average Bonchev–Trinajstić information content (AvgIpc) is 2.38. The van der Waals surface area contributed by atoms with Gasteiger partial charge in [0.15, 0.2) is 0 Å². The fourth-order valence-electron chi connectivity index (χ4n) is 2.82. The molecule has 0 aromatic heterocycles. The highest BCUT2D eigenvalue weighted by atomic mass is 35.5. The van der Waals surface area contributed by atoms with Crippen molar-refractivity contribution in [3.05, 3.63) is 33.8 Å². The van der Waals surface area contributed by atoms with Gasteiger partial charge >= 0.3 is 0 Å². The summed E-state index contributed by atoms with van der Waals surface area (Å²) in [6.07, 6.45) is 4.51. The number of hydrogen-bond acceptors (Lipinski definition) is 2. The maximum Gasteiger partial charge on any atom is 0.253 e. The summed E-state index contributed by atoms with van der Waals surface area (Å²) in [4.78, 5) is 14.5. The Morgan fingerprint density at radius 1 is 1.25 bits per heavy atom. The number of hydrogen-bond donors (Lipinski definition) is 1. The summed E-state index contributed by atoms with van der Waals surface area (Å²) in [5, 5.41) is 4.05. The van der Waals surface area contributed by atoms with Crippen LogP contribution >= 0.6 is 23.2 Å². The molecule has 0 saturated heterocycles. The Labute approximate surface area is 130 Å². The predicted octanol–water partition coefficient (Wildman–Crippen LogP) is 3.60. The molecule has 1 saturated carbocycles. The Bertz CT molecular complexity index is 491. The highest BCUT2D eigenvalue weighted by molar-refractivity contribution is 6.36. The largest absolute Gasteiger partial charge is 0.348 e. The summed E-state index contributed by atoms with van der Waals surface area (Å²) in [6.45, 7) is 0. The van der Waals surface area contributed by atoms with Crippen molar-refractivity contribution in [2.75, 3.05) is 14.1 Å². The summed E-state index contributed by atoms with van der Waals surface area (Å²) in [5.74, 6) is -0.120. The van der Waals surface area contributed by atoms with Gasteiger partial charge in [-0.05, 0) is 45.1 Å². The Morgan fingerprint density at radius 2 is 1.95 bits per heavy atom. The zero-order valence-corrected chi connectivity index (χ0v) is 13.3. The molecule has 5 heteroatoms. The van der Waals surface area contributed by atoms with E-state index in [9.17, 15) is 4.79 Å². The second-order valence-corrected chi connectivity index (χ2v) is 6.36. The fraction of sp³-hybridized carbons (Fsp3) is 0.533. The first-order valence-electron chi connectivity index (χ1n) is 6.91. The molecule has 1 N–H and O–H groups in total. The number of halogens is 2. The van der Waals surface area contributed by atoms with Crippen LogP contribution < -0.4 is 5.32 Å². The first-order valence-corrected chi connectivity index (χ1v) is 7.67. The molecule has 1 aromatic rings. The monoisotopic (exact) mass is 314 g/mol. The van der Waals surface area contributed by atoms with E-state index < -0.39 is 0 Å². The van der Waals surface area contributed by atoms with Crippen molar-refractivity contribution in [1.29, 1.82) is 0 Å². The highest BCUT2D eigenvalue weighted by Crippen LogP contribution is 2.24. The van der Waals surface area contributed by atoms with E-state index in [1.165, 1.54) is 6.42 Å². The number of likely N-dealkylation sites (N-methyl/N-ethyl adjacent to an activating group) is 1. The van der Waals surface area contributed by atoms with E-state index in [2.05, 4.69) is 24.3 Å². The Balaban J connectivity index is 2.09. The first kappa shape index (κ1) is 15.6. The zero-order chi connectivity index (χ0) is 14.7. The van der Waals surface area contributed by atoms with E-state index in [4.69, 9.17) is 23.2 Å². The lowest BCUT2D eigenvalue weighted by Gasteiger charge is -2.36. The summed E-state index contributed by atoms with van der Waals surface area (Å²) >= 11 is 11.9. The predicted molar refractivity (Wildman–Crippen MR) is 83.7 cm³/mol. The third-order valence-corrected chi connectivity index (χ3v) is 4.43. The van der Waals surface area contributed by atoms with Crippen LogP contribution in [0.3, 0.4) is 0 Å². The van der Waals surface area contributed by atoms with Crippen LogP contribution in [0, 0.1) is 0 Å². The van der Waals surface area contributed by atoms with Crippen LogP contribution in [0.15, 0.2) is 18.2 Å². The molecular formula is C15H20Cl2N2O. The smallest absolute Gasteiger partial charge is 0.253 e. The molecule has 0 spiro atoms. The lowest BCUT2D eigenvalue weighted by Crippen LogP contribution is -2.51. The normalized spacial score (nSPS) is 22.9. The van der Waals surface area contributed by atoms with Crippen molar-refractivity contribution in [3.8, 4) is 0 Å². The molecule has 0 radical (unpaired) electrons. The van der Waals surface area contributed by atoms with Crippen LogP contribution in [0.1, 0.15) is 36.0 Å². The molecule has 2 atom stereocenters. The lowest BCUT2D eigenvalue weighted by molar-refractivity contribution is 0.0883. The zero-order valence-electron chi connectivity index (χ0n) is 11.8. The van der Waals surface area contributed by atoms with Gasteiger partial charge in [-0.3, -0.25) is 4.79 Å². The molecule has 0 unspecified atom stereocenters. The Morgan fingerprint density at radius 3 is 2.60 bits per heavy atom. The van der Waals surface area contributed by atoms with Gasteiger partial charge in [-0.25, -0.2) is 0 Å². The van der Waals surface area contributed by atoms with E-state index in [0.717, 1.165) is 19.3 Å². The maximum absolute atomic E-state index is 12.4. The van der Waals surface area contributed by atoms with E-state index >= 15 is 0 Å². The van der Waals surface area contributed by atoms with Crippen LogP contribution in [0.2, 0.25) is 10.0 Å². The van der Waals surface area contributed by atoms with E-state index in [0.29, 0.717) is 21.7 Å². The number of carbonyl (C=O) groups is 1. The molecule has 0 bridgehead atoms. The number of benzene rings is 1. The Kier molecular flexibility index (Phi) is 5.30. The van der Waals surface area contributed by atoms with Crippen molar-refractivity contribution >= 4 is 29.1 Å². The SMILES string of the molecule is CN(C)[C@@H]1CCCC[C@H]1NC(=O)c1ccc(Cl)cc1Cl. The fourth-order valence-corrected chi connectivity index (χ4v) is 3.31. The number of nitrogens with one attached hydrogen (secondary N) is 1. The molecule has 1 aromatic carbocycles. The summed E-state index contributed by atoms with van der Waals surface area (Å²) < 4.78 is 0. The van der Waals surface area contributed by atoms with Crippen molar-refractivity contribution in [2.24, 2.45) is 0 Å². The minimum absolute atomic E-state index is 0.120. The van der Waals surface area contributed by atoms with Crippen molar-refractivity contribution < 1.29 is 4.79 Å². The second-order valence-electron chi connectivity index (χ2n) is 5.52. The van der Waals surface area contributed by atoms with Crippen LogP contribution in [0.4, 0.5) is 0 Å². The average molecular weight is 315 g/mol. The van der Waals surface area contributed by atoms with Gasteiger partial charge in [-0.1, -0.05) is 36.0 Å². The van der Waals surface area contributed by atoms with Crippen molar-refractivity contribution in [2.45, 2.75) is 37.8 Å². The molecule has 110 valence electrons. The van der Waals surface area contributed by atoms with Gasteiger partial charge in [0.2, 0.25) is 0 Å². The van der Waals surface area contributed by atoms with Gasteiger partial charge in [0, 0.05) is 17.1 Å². The molecule has 0 heterocycles. The van der Waals surface area contributed by atoms with Gasteiger partial charge in [0.05, 0.1) is 10.6 Å². The quantitative estimate of drug-likeness (QED) is 0.924. The number of rotatable bonds is 3. The highest BCUT2D eigenvalue weighted by Gasteiger charge is 2.28. The van der Waals surface area contributed by atoms with Crippen molar-refractivity contribution in [3.63, 3.8) is 0 Å². The maximum atomic E-state index is 12.4. The standard InChI is InChI=1S/C15H20Cl2N2O/c1-19(2)14-6-4-3-5-13(14)18-15(20)11-8-7-10(16)9-12(11)17/h7-9,13-14H,3-6H2,1-2H3,(H,18,20)/t13-,14-/m1/s1. The number of carbonyl (C=O) groups excluding carboxylic acids is 1. The number of nitrogens with zero attached hydrogens (tertiary/aromatic N) is 1. The van der Waals surface area contributed by atoms with Crippen LogP contribution in [0.25, 0.3) is 0 Å². The summed E-state index contributed by atoms with van der Waals surface area (Å²) in [7, 11) is 4.12. The van der Waals surface area contributed by atoms with Gasteiger partial charge in [-0.15, -0.1) is 0 Å². The third-order valence-electron chi connectivity index (χ3n) is 3.89. The molecule has 20 heavy (non-hydrogen) atoms. The number of amides is 1. The van der Waals surface area contributed by atoms with E-state index in [1.54, 1.807) is 18.2 Å². The molecule has 1 fully saturated rings. The molecule has 1 aliphatic carbocycles. The van der Waals surface area contributed by atoms with E-state index in [1.807, 2.05) is 0 Å². The minimum Gasteiger partial charge on any atom is -0.348 e. The van der Waals surface area contributed by atoms with Crippen molar-refractivity contribution in [1.82, 2.24) is 10.2 Å². The topological polar surface area (TPSA) is 32.3 Å². The lowest BCUT2D eigenvalue weighted by atomic mass is 9.89. The molecule has 1 amide bonds. The molecule has 3 nitrogen and oxygen atoms in total. The first-order chi connectivity index (χ1) is 9.49.